The van der Waals surface area contributed by atoms with Crippen LogP contribution in [-0.4, -0.2) is 0 Å². The minimum Gasteiger partial charge on any atom is -0.448 e. The predicted octanol–water partition coefficient (Wildman–Crippen LogP) is 6.61. The van der Waals surface area contributed by atoms with Gasteiger partial charge in [-0.3, -0.25) is 0 Å². The topological polar surface area (TPSA) is 25.2 Å². The lowest BCUT2D eigenvalue weighted by atomic mass is 10.1. The number of furan rings is 1. The van der Waals surface area contributed by atoms with Crippen LogP contribution in [0.1, 0.15) is 11.1 Å². The summed E-state index contributed by atoms with van der Waals surface area (Å²) < 4.78 is 9.12. The van der Waals surface area contributed by atoms with Crippen molar-refractivity contribution >= 4 is 40.2 Å². The van der Waals surface area contributed by atoms with E-state index in [1.54, 1.807) is 0 Å². The van der Waals surface area contributed by atoms with Crippen LogP contribution < -0.4 is 4.72 Å². The zero-order valence-electron chi connectivity index (χ0n) is 13.7. The van der Waals surface area contributed by atoms with E-state index in [1.807, 2.05) is 78.9 Å². The minimum atomic E-state index is 0.656. The Hall–Kier alpha value is -2.80. The molecule has 26 heavy (non-hydrogen) atoms. The molecule has 0 aliphatic heterocycles. The lowest BCUT2D eigenvalue weighted by Gasteiger charge is -2.06. The van der Waals surface area contributed by atoms with Crippen LogP contribution in [-0.2, 0) is 0 Å². The van der Waals surface area contributed by atoms with Crippen LogP contribution in [0.15, 0.2) is 88.4 Å². The number of fused-ring (bicyclic) bond motifs is 1. The molecule has 0 atom stereocenters. The van der Waals surface area contributed by atoms with Crippen molar-refractivity contribution in [3.63, 3.8) is 0 Å². The van der Waals surface area contributed by atoms with Crippen LogP contribution in [0.2, 0.25) is 5.02 Å². The molecule has 3 aromatic carbocycles. The fourth-order valence-electron chi connectivity index (χ4n) is 2.48. The van der Waals surface area contributed by atoms with Crippen molar-refractivity contribution < 1.29 is 4.42 Å². The first-order valence-corrected chi connectivity index (χ1v) is 9.25. The standard InChI is InChI=1S/C22H14ClNOS/c23-19-13-12-17(11-10-16-6-2-1-3-7-16)20(15-19)24-26-22-14-18-8-4-5-9-21(18)25-22/h1-9,12-15,24H. The van der Waals surface area contributed by atoms with Crippen molar-refractivity contribution in [2.24, 2.45) is 0 Å². The Morgan fingerprint density at radius 3 is 2.50 bits per heavy atom. The third kappa shape index (κ3) is 3.88. The molecule has 1 heterocycles. The smallest absolute Gasteiger partial charge is 0.181 e. The van der Waals surface area contributed by atoms with Crippen LogP contribution in [0, 0.1) is 11.8 Å². The molecular weight excluding hydrogens is 362 g/mol. The monoisotopic (exact) mass is 375 g/mol. The second kappa shape index (κ2) is 7.61. The molecule has 1 N–H and O–H groups in total. The predicted molar refractivity (Wildman–Crippen MR) is 110 cm³/mol. The van der Waals surface area contributed by atoms with E-state index in [4.69, 9.17) is 16.0 Å². The van der Waals surface area contributed by atoms with Gasteiger partial charge in [0.15, 0.2) is 5.09 Å². The molecule has 0 fully saturated rings. The van der Waals surface area contributed by atoms with Gasteiger partial charge in [0.2, 0.25) is 0 Å². The van der Waals surface area contributed by atoms with Gasteiger partial charge in [0.25, 0.3) is 0 Å². The summed E-state index contributed by atoms with van der Waals surface area (Å²) in [6.45, 7) is 0. The number of nitrogens with one attached hydrogen (secondary N) is 1. The van der Waals surface area contributed by atoms with E-state index in [0.717, 1.165) is 32.9 Å². The number of anilines is 1. The van der Waals surface area contributed by atoms with Crippen molar-refractivity contribution in [2.75, 3.05) is 4.72 Å². The molecule has 0 aliphatic carbocycles. The van der Waals surface area contributed by atoms with Crippen molar-refractivity contribution in [3.05, 3.63) is 95.0 Å². The van der Waals surface area contributed by atoms with Crippen LogP contribution in [0.3, 0.4) is 0 Å². The average molecular weight is 376 g/mol. The summed E-state index contributed by atoms with van der Waals surface area (Å²) >= 11 is 7.56. The van der Waals surface area contributed by atoms with Crippen LogP contribution in [0.5, 0.6) is 0 Å². The molecule has 4 aromatic rings. The maximum absolute atomic E-state index is 6.16. The van der Waals surface area contributed by atoms with Gasteiger partial charge >= 0.3 is 0 Å². The van der Waals surface area contributed by atoms with Crippen molar-refractivity contribution in [3.8, 4) is 11.8 Å². The molecule has 0 bridgehead atoms. The summed E-state index contributed by atoms with van der Waals surface area (Å²) in [5.74, 6) is 6.38. The van der Waals surface area contributed by atoms with E-state index in [9.17, 15) is 0 Å². The Morgan fingerprint density at radius 1 is 0.846 bits per heavy atom. The molecule has 0 saturated carbocycles. The normalized spacial score (nSPS) is 10.3. The fraction of sp³-hybridized carbons (Fsp3) is 0. The Kier molecular flexibility index (Phi) is 4.88. The number of para-hydroxylation sites is 1. The summed E-state index contributed by atoms with van der Waals surface area (Å²) in [5, 5.41) is 2.52. The molecule has 1 aromatic heterocycles. The molecule has 4 heteroatoms. The van der Waals surface area contributed by atoms with Gasteiger partial charge in [0, 0.05) is 39.6 Å². The second-order valence-corrected chi connectivity index (χ2v) is 6.86. The van der Waals surface area contributed by atoms with Crippen LogP contribution in [0.4, 0.5) is 5.69 Å². The number of halogens is 1. The van der Waals surface area contributed by atoms with Crippen molar-refractivity contribution in [1.29, 1.82) is 0 Å². The van der Waals surface area contributed by atoms with Crippen molar-refractivity contribution in [2.45, 2.75) is 5.09 Å². The highest BCUT2D eigenvalue weighted by Crippen LogP contribution is 2.30. The van der Waals surface area contributed by atoms with Crippen molar-refractivity contribution in [1.82, 2.24) is 0 Å². The van der Waals surface area contributed by atoms with Gasteiger partial charge in [0.05, 0.1) is 5.69 Å². The summed E-state index contributed by atoms with van der Waals surface area (Å²) in [6, 6.07) is 25.5. The first-order chi connectivity index (χ1) is 12.8. The van der Waals surface area contributed by atoms with Gasteiger partial charge in [0.1, 0.15) is 5.58 Å². The van der Waals surface area contributed by atoms with E-state index < -0.39 is 0 Å². The zero-order chi connectivity index (χ0) is 17.8. The number of hydrogen-bond acceptors (Lipinski definition) is 3. The lowest BCUT2D eigenvalue weighted by molar-refractivity contribution is 0.515. The molecule has 4 rings (SSSR count). The molecule has 2 nitrogen and oxygen atoms in total. The largest absolute Gasteiger partial charge is 0.448 e. The molecular formula is C22H14ClNOS. The zero-order valence-corrected chi connectivity index (χ0v) is 15.3. The average Bonchev–Trinajstić information content (AvgIpc) is 3.09. The SMILES string of the molecule is Clc1ccc(C#Cc2ccccc2)c(NSc2cc3ccccc3o2)c1. The van der Waals surface area contributed by atoms with Crippen LogP contribution in [0.25, 0.3) is 11.0 Å². The number of benzene rings is 3. The number of hydrogen-bond donors (Lipinski definition) is 1. The Bertz CT molecular complexity index is 1080. The van der Waals surface area contributed by atoms with E-state index in [-0.39, 0.29) is 0 Å². The molecule has 0 amide bonds. The summed E-state index contributed by atoms with van der Waals surface area (Å²) in [5.41, 5.74) is 3.57. The van der Waals surface area contributed by atoms with Gasteiger partial charge in [-0.15, -0.1) is 0 Å². The van der Waals surface area contributed by atoms with Gasteiger partial charge in [-0.1, -0.05) is 59.8 Å². The highest BCUT2D eigenvalue weighted by molar-refractivity contribution is 8.00. The lowest BCUT2D eigenvalue weighted by Crippen LogP contribution is -1.90. The van der Waals surface area contributed by atoms with Crippen LogP contribution >= 0.6 is 23.5 Å². The quantitative estimate of drug-likeness (QED) is 0.322. The first kappa shape index (κ1) is 16.7. The number of rotatable bonds is 3. The minimum absolute atomic E-state index is 0.656. The maximum Gasteiger partial charge on any atom is 0.181 e. The molecule has 0 radical (unpaired) electrons. The molecule has 126 valence electrons. The summed E-state index contributed by atoms with van der Waals surface area (Å²) in [7, 11) is 0. The second-order valence-electron chi connectivity index (χ2n) is 5.61. The Balaban J connectivity index is 1.57. The van der Waals surface area contributed by atoms with Gasteiger partial charge in [-0.2, -0.15) is 0 Å². The van der Waals surface area contributed by atoms with E-state index in [0.29, 0.717) is 5.02 Å². The maximum atomic E-state index is 6.16. The third-order valence-electron chi connectivity index (χ3n) is 3.76. The Labute approximate surface area is 161 Å². The third-order valence-corrected chi connectivity index (χ3v) is 4.72. The fourth-order valence-corrected chi connectivity index (χ4v) is 3.35. The van der Waals surface area contributed by atoms with E-state index in [2.05, 4.69) is 16.6 Å². The summed E-state index contributed by atoms with van der Waals surface area (Å²) in [6.07, 6.45) is 0. The Morgan fingerprint density at radius 2 is 1.65 bits per heavy atom. The molecule has 0 aliphatic rings. The first-order valence-electron chi connectivity index (χ1n) is 8.06. The summed E-state index contributed by atoms with van der Waals surface area (Å²) in [4.78, 5) is 0. The van der Waals surface area contributed by atoms with Gasteiger partial charge in [-0.05, 0) is 36.4 Å². The van der Waals surface area contributed by atoms with Gasteiger partial charge in [-0.25, -0.2) is 0 Å². The highest BCUT2D eigenvalue weighted by Gasteiger charge is 2.06. The molecule has 0 unspecified atom stereocenters. The van der Waals surface area contributed by atoms with Gasteiger partial charge < -0.3 is 9.14 Å². The highest BCUT2D eigenvalue weighted by atomic mass is 35.5. The van der Waals surface area contributed by atoms with E-state index in [1.165, 1.54) is 11.9 Å². The molecule has 0 spiro atoms. The van der Waals surface area contributed by atoms with E-state index >= 15 is 0 Å². The molecule has 0 saturated heterocycles.